The van der Waals surface area contributed by atoms with E-state index in [-0.39, 0.29) is 5.41 Å². The highest BCUT2D eigenvalue weighted by molar-refractivity contribution is 5.66. The number of allylic oxidation sites excluding steroid dienone is 2. The molecule has 98 valence electrons. The minimum Gasteiger partial charge on any atom is -0.264 e. The quantitative estimate of drug-likeness (QED) is 0.716. The van der Waals surface area contributed by atoms with Gasteiger partial charge in [-0.1, -0.05) is 50.3 Å². The van der Waals surface area contributed by atoms with Gasteiger partial charge in [0.25, 0.3) is 0 Å². The first-order chi connectivity index (χ1) is 8.98. The highest BCUT2D eigenvalue weighted by atomic mass is 14.7. The molecular weight excluding hydrogens is 230 g/mol. The Morgan fingerprint density at radius 2 is 2.00 bits per heavy atom. The van der Waals surface area contributed by atoms with E-state index in [0.717, 1.165) is 5.70 Å². The molecular formula is C18H21N. The molecule has 0 N–H and O–H groups in total. The predicted octanol–water partition coefficient (Wildman–Crippen LogP) is 3.21. The van der Waals surface area contributed by atoms with E-state index >= 15 is 0 Å². The normalized spacial score (nSPS) is 16.9. The van der Waals surface area contributed by atoms with E-state index in [1.54, 1.807) is 0 Å². The summed E-state index contributed by atoms with van der Waals surface area (Å²) in [5, 5.41) is 2.44. The molecule has 0 atom stereocenters. The fourth-order valence-electron chi connectivity index (χ4n) is 2.46. The van der Waals surface area contributed by atoms with Crippen molar-refractivity contribution in [3.8, 4) is 0 Å². The lowest BCUT2D eigenvalue weighted by molar-refractivity contribution is 0.670. The van der Waals surface area contributed by atoms with E-state index in [0.29, 0.717) is 0 Å². The van der Waals surface area contributed by atoms with Gasteiger partial charge in [0.1, 0.15) is 0 Å². The molecule has 0 bridgehead atoms. The zero-order valence-corrected chi connectivity index (χ0v) is 12.2. The van der Waals surface area contributed by atoms with Crippen LogP contribution in [0.4, 0.5) is 0 Å². The SMILES string of the molecule is C=NC1=c2ccc(/C=C/C)c(C)c2=CC(C)(C)C=C1. The Labute approximate surface area is 115 Å². The Kier molecular flexibility index (Phi) is 3.57. The van der Waals surface area contributed by atoms with Crippen LogP contribution in [0.3, 0.4) is 0 Å². The van der Waals surface area contributed by atoms with E-state index in [2.05, 4.69) is 75.0 Å². The van der Waals surface area contributed by atoms with Gasteiger partial charge in [0.2, 0.25) is 0 Å². The van der Waals surface area contributed by atoms with Crippen LogP contribution in [0, 0.1) is 12.3 Å². The van der Waals surface area contributed by atoms with Crippen LogP contribution in [0.1, 0.15) is 31.9 Å². The van der Waals surface area contributed by atoms with Crippen LogP contribution in [0.5, 0.6) is 0 Å². The Balaban J connectivity index is 2.93. The maximum absolute atomic E-state index is 4.17. The molecule has 1 aromatic carbocycles. The van der Waals surface area contributed by atoms with Gasteiger partial charge in [-0.25, -0.2) is 0 Å². The summed E-state index contributed by atoms with van der Waals surface area (Å²) in [6.07, 6.45) is 10.8. The molecule has 0 aromatic heterocycles. The van der Waals surface area contributed by atoms with Gasteiger partial charge in [-0.3, -0.25) is 4.99 Å². The molecule has 1 aliphatic carbocycles. The molecule has 0 heterocycles. The summed E-state index contributed by atoms with van der Waals surface area (Å²) >= 11 is 0. The lowest BCUT2D eigenvalue weighted by Crippen LogP contribution is -2.30. The van der Waals surface area contributed by atoms with Gasteiger partial charge in [-0.2, -0.15) is 0 Å². The summed E-state index contributed by atoms with van der Waals surface area (Å²) in [6.45, 7) is 12.3. The van der Waals surface area contributed by atoms with E-state index in [1.165, 1.54) is 21.6 Å². The number of fused-ring (bicyclic) bond motifs is 1. The fraction of sp³-hybridized carbons (Fsp3) is 0.278. The maximum atomic E-state index is 4.17. The van der Waals surface area contributed by atoms with Gasteiger partial charge >= 0.3 is 0 Å². The van der Waals surface area contributed by atoms with Crippen molar-refractivity contribution in [2.45, 2.75) is 27.7 Å². The van der Waals surface area contributed by atoms with Crippen molar-refractivity contribution < 1.29 is 0 Å². The highest BCUT2D eigenvalue weighted by Gasteiger charge is 2.14. The van der Waals surface area contributed by atoms with Crippen molar-refractivity contribution in [3.05, 3.63) is 51.9 Å². The van der Waals surface area contributed by atoms with Gasteiger partial charge in [0, 0.05) is 10.6 Å². The predicted molar refractivity (Wildman–Crippen MR) is 85.5 cm³/mol. The summed E-state index contributed by atoms with van der Waals surface area (Å²) in [5.41, 5.74) is 3.54. The van der Waals surface area contributed by atoms with Gasteiger partial charge in [0.15, 0.2) is 0 Å². The second-order valence-electron chi connectivity index (χ2n) is 5.58. The van der Waals surface area contributed by atoms with Crippen LogP contribution in [-0.2, 0) is 0 Å². The highest BCUT2D eigenvalue weighted by Crippen LogP contribution is 2.22. The van der Waals surface area contributed by atoms with E-state index < -0.39 is 0 Å². The number of nitrogens with zero attached hydrogens (tertiary/aromatic N) is 1. The van der Waals surface area contributed by atoms with Crippen LogP contribution in [0.15, 0.2) is 35.4 Å². The molecule has 0 saturated heterocycles. The molecule has 1 aromatic rings. The molecule has 19 heavy (non-hydrogen) atoms. The monoisotopic (exact) mass is 251 g/mol. The van der Waals surface area contributed by atoms with Crippen molar-refractivity contribution in [1.29, 1.82) is 0 Å². The van der Waals surface area contributed by atoms with Gasteiger partial charge in [0.05, 0.1) is 5.70 Å². The molecule has 2 rings (SSSR count). The smallest absolute Gasteiger partial charge is 0.0697 e. The summed E-state index contributed by atoms with van der Waals surface area (Å²) < 4.78 is 0. The number of aliphatic imine (C=N–C) groups is 1. The minimum atomic E-state index is 0.0283. The lowest BCUT2D eigenvalue weighted by atomic mass is 9.91. The Morgan fingerprint density at radius 3 is 2.63 bits per heavy atom. The van der Waals surface area contributed by atoms with Crippen molar-refractivity contribution in [1.82, 2.24) is 0 Å². The topological polar surface area (TPSA) is 12.4 Å². The zero-order chi connectivity index (χ0) is 14.0. The first kappa shape index (κ1) is 13.5. The number of rotatable bonds is 2. The van der Waals surface area contributed by atoms with Crippen LogP contribution >= 0.6 is 0 Å². The third-order valence-electron chi connectivity index (χ3n) is 3.54. The molecule has 0 saturated carbocycles. The number of hydrogen-bond acceptors (Lipinski definition) is 1. The molecule has 1 heteroatoms. The standard InChI is InChI=1S/C18H21N/c1-6-7-14-8-9-15-16(13(14)2)12-18(3,4)11-10-17(15)19-5/h6-12H,5H2,1-4H3/b7-6+. The van der Waals surface area contributed by atoms with Crippen molar-refractivity contribution in [3.63, 3.8) is 0 Å². The van der Waals surface area contributed by atoms with Gasteiger partial charge in [-0.15, -0.1) is 0 Å². The lowest BCUT2D eigenvalue weighted by Gasteiger charge is -2.14. The Morgan fingerprint density at radius 1 is 1.26 bits per heavy atom. The summed E-state index contributed by atoms with van der Waals surface area (Å²) in [7, 11) is 0. The number of benzene rings is 1. The van der Waals surface area contributed by atoms with Crippen molar-refractivity contribution in [2.24, 2.45) is 10.4 Å². The molecule has 0 fully saturated rings. The van der Waals surface area contributed by atoms with Crippen LogP contribution in [0.2, 0.25) is 0 Å². The first-order valence-corrected chi connectivity index (χ1v) is 6.64. The van der Waals surface area contributed by atoms with E-state index in [9.17, 15) is 0 Å². The molecule has 0 spiro atoms. The third kappa shape index (κ3) is 2.60. The average Bonchev–Trinajstić information content (AvgIpc) is 2.49. The minimum absolute atomic E-state index is 0.0283. The first-order valence-electron chi connectivity index (χ1n) is 6.64. The van der Waals surface area contributed by atoms with Crippen LogP contribution in [-0.4, -0.2) is 6.72 Å². The fourth-order valence-corrected chi connectivity index (χ4v) is 2.46. The van der Waals surface area contributed by atoms with Gasteiger partial charge in [-0.05, 0) is 43.0 Å². The van der Waals surface area contributed by atoms with Crippen LogP contribution < -0.4 is 10.4 Å². The Bertz CT molecular complexity index is 685. The van der Waals surface area contributed by atoms with Crippen molar-refractivity contribution >= 4 is 24.6 Å². The Hall–Kier alpha value is -1.89. The van der Waals surface area contributed by atoms with Crippen molar-refractivity contribution in [2.75, 3.05) is 0 Å². The second kappa shape index (κ2) is 5.00. The zero-order valence-electron chi connectivity index (χ0n) is 12.2. The molecule has 1 aliphatic rings. The molecule has 0 amide bonds. The molecule has 0 aliphatic heterocycles. The summed E-state index contributed by atoms with van der Waals surface area (Å²) in [6, 6.07) is 4.29. The molecule has 0 radical (unpaired) electrons. The molecule has 0 unspecified atom stereocenters. The van der Waals surface area contributed by atoms with E-state index in [1.807, 2.05) is 6.92 Å². The van der Waals surface area contributed by atoms with E-state index in [4.69, 9.17) is 0 Å². The van der Waals surface area contributed by atoms with Crippen LogP contribution in [0.25, 0.3) is 17.8 Å². The largest absolute Gasteiger partial charge is 0.264 e. The average molecular weight is 251 g/mol. The van der Waals surface area contributed by atoms with Gasteiger partial charge < -0.3 is 0 Å². The second-order valence-corrected chi connectivity index (χ2v) is 5.58. The molecule has 1 nitrogen and oxygen atoms in total. The maximum Gasteiger partial charge on any atom is 0.0697 e. The third-order valence-corrected chi connectivity index (χ3v) is 3.54. The summed E-state index contributed by atoms with van der Waals surface area (Å²) in [5.74, 6) is 0. The summed E-state index contributed by atoms with van der Waals surface area (Å²) in [4.78, 5) is 4.17. The number of hydrogen-bond donors (Lipinski definition) is 0.